The standard InChI is InChI=1S/C36H58N3O5/c1-7-18-39(6)19-16-38(17-20-39)31-22-30-28-9-8-26-21-33(43-24(2)40)32(37-14-11-27(42)12-15-37)23-36(26,5)29(28)10-13-35(30,4)34(31)44-25(3)41/h7,26,28-34H,1,8-23H2,2-6H3/q+1/t26-,28+,29-,30-,31-,32-,33-,34-,35-,36-/m0/s1. The van der Waals surface area contributed by atoms with E-state index in [0.29, 0.717) is 42.3 Å². The summed E-state index contributed by atoms with van der Waals surface area (Å²) < 4.78 is 13.4. The van der Waals surface area contributed by atoms with Crippen molar-refractivity contribution in [2.75, 3.05) is 52.9 Å². The van der Waals surface area contributed by atoms with Crippen LogP contribution in [-0.4, -0.2) is 109 Å². The average molecular weight is 613 g/mol. The molecule has 44 heavy (non-hydrogen) atoms. The summed E-state index contributed by atoms with van der Waals surface area (Å²) >= 11 is 0. The van der Waals surface area contributed by atoms with E-state index in [1.165, 1.54) is 19.3 Å². The third kappa shape index (κ3) is 5.70. The van der Waals surface area contributed by atoms with E-state index in [1.54, 1.807) is 13.8 Å². The number of carbonyl (C=O) groups is 3. The van der Waals surface area contributed by atoms with E-state index >= 15 is 0 Å². The second kappa shape index (κ2) is 12.1. The van der Waals surface area contributed by atoms with Crippen LogP contribution in [-0.2, 0) is 23.9 Å². The van der Waals surface area contributed by atoms with Crippen LogP contribution in [0.3, 0.4) is 0 Å². The van der Waals surface area contributed by atoms with Crippen molar-refractivity contribution in [3.63, 3.8) is 0 Å². The topological polar surface area (TPSA) is 76.2 Å². The number of carbonyl (C=O) groups excluding carboxylic acids is 3. The number of likely N-dealkylation sites (N-methyl/N-ethyl adjacent to an activating group) is 1. The number of rotatable bonds is 6. The van der Waals surface area contributed by atoms with E-state index in [1.807, 2.05) is 0 Å². The van der Waals surface area contributed by atoms with Gasteiger partial charge in [-0.15, -0.1) is 0 Å². The van der Waals surface area contributed by atoms with Gasteiger partial charge in [-0.3, -0.25) is 24.2 Å². The van der Waals surface area contributed by atoms with Crippen molar-refractivity contribution < 1.29 is 28.3 Å². The third-order valence-corrected chi connectivity index (χ3v) is 13.9. The molecule has 0 aromatic rings. The molecule has 4 aliphatic carbocycles. The fourth-order valence-corrected chi connectivity index (χ4v) is 11.6. The normalized spacial score (nSPS) is 44.2. The Labute approximate surface area is 265 Å². The zero-order valence-corrected chi connectivity index (χ0v) is 28.1. The number of esters is 2. The monoisotopic (exact) mass is 612 g/mol. The molecule has 0 N–H and O–H groups in total. The predicted molar refractivity (Wildman–Crippen MR) is 170 cm³/mol. The van der Waals surface area contributed by atoms with E-state index in [0.717, 1.165) is 76.0 Å². The molecule has 10 atom stereocenters. The fourth-order valence-electron chi connectivity index (χ4n) is 11.6. The van der Waals surface area contributed by atoms with Crippen LogP contribution in [0.5, 0.6) is 0 Å². The Morgan fingerprint density at radius 2 is 1.57 bits per heavy atom. The molecule has 0 amide bonds. The molecule has 2 saturated heterocycles. The quantitative estimate of drug-likeness (QED) is 0.249. The molecule has 0 aromatic carbocycles. The number of ether oxygens (including phenoxy) is 2. The first kappa shape index (κ1) is 32.2. The van der Waals surface area contributed by atoms with Crippen LogP contribution >= 0.6 is 0 Å². The number of fused-ring (bicyclic) bond motifs is 5. The highest BCUT2D eigenvalue weighted by molar-refractivity contribution is 5.79. The Balaban J connectivity index is 1.25. The number of quaternary nitrogens is 1. The molecule has 4 saturated carbocycles. The van der Waals surface area contributed by atoms with Crippen molar-refractivity contribution in [3.05, 3.63) is 12.7 Å². The summed E-state index contributed by atoms with van der Waals surface area (Å²) in [5, 5.41) is 0. The van der Waals surface area contributed by atoms with Crippen LogP contribution in [0.4, 0.5) is 0 Å². The lowest BCUT2D eigenvalue weighted by atomic mass is 9.44. The van der Waals surface area contributed by atoms with Gasteiger partial charge in [0.05, 0.1) is 26.7 Å². The van der Waals surface area contributed by atoms with E-state index in [2.05, 4.69) is 43.3 Å². The van der Waals surface area contributed by atoms with Gasteiger partial charge in [0, 0.05) is 70.4 Å². The van der Waals surface area contributed by atoms with E-state index in [-0.39, 0.29) is 47.1 Å². The van der Waals surface area contributed by atoms with Gasteiger partial charge in [-0.1, -0.05) is 20.4 Å². The van der Waals surface area contributed by atoms with Crippen LogP contribution in [0.25, 0.3) is 0 Å². The van der Waals surface area contributed by atoms with Gasteiger partial charge in [-0.05, 0) is 80.1 Å². The van der Waals surface area contributed by atoms with Crippen molar-refractivity contribution >= 4 is 17.7 Å². The van der Waals surface area contributed by atoms with Crippen LogP contribution in [0, 0.1) is 34.5 Å². The number of nitrogens with zero attached hydrogens (tertiary/aromatic N) is 3. The molecule has 0 bridgehead atoms. The molecule has 0 radical (unpaired) electrons. The predicted octanol–water partition coefficient (Wildman–Crippen LogP) is 4.46. The largest absolute Gasteiger partial charge is 0.461 e. The number of hydrogen-bond donors (Lipinski definition) is 0. The van der Waals surface area contributed by atoms with Gasteiger partial charge < -0.3 is 14.0 Å². The highest BCUT2D eigenvalue weighted by atomic mass is 16.5. The molecule has 6 rings (SSSR count). The van der Waals surface area contributed by atoms with Gasteiger partial charge in [0.25, 0.3) is 0 Å². The molecule has 8 heteroatoms. The smallest absolute Gasteiger partial charge is 0.302 e. The first-order valence-corrected chi connectivity index (χ1v) is 17.7. The van der Waals surface area contributed by atoms with Crippen LogP contribution < -0.4 is 0 Å². The van der Waals surface area contributed by atoms with Gasteiger partial charge in [-0.2, -0.15) is 0 Å². The maximum atomic E-state index is 12.6. The Hall–Kier alpha value is -1.77. The molecular formula is C36H58N3O5+. The van der Waals surface area contributed by atoms with Gasteiger partial charge >= 0.3 is 11.9 Å². The summed E-state index contributed by atoms with van der Waals surface area (Å²) in [7, 11) is 2.34. The van der Waals surface area contributed by atoms with Crippen molar-refractivity contribution in [2.45, 2.75) is 110 Å². The molecule has 6 fully saturated rings. The van der Waals surface area contributed by atoms with Crippen LogP contribution in [0.15, 0.2) is 12.7 Å². The summed E-state index contributed by atoms with van der Waals surface area (Å²) in [6, 6.07) is 0.468. The van der Waals surface area contributed by atoms with Crippen molar-refractivity contribution in [1.29, 1.82) is 0 Å². The fraction of sp³-hybridized carbons (Fsp3) is 0.861. The van der Waals surface area contributed by atoms with Gasteiger partial charge in [0.15, 0.2) is 0 Å². The highest BCUT2D eigenvalue weighted by Gasteiger charge is 2.65. The molecule has 2 aliphatic heterocycles. The minimum Gasteiger partial charge on any atom is -0.461 e. The SMILES string of the molecule is C=CC[N+]1(C)CCN([C@H]2C[C@H]3[C@@H]4CC[C@H]5C[C@H](OC(C)=O)[C@@H](N6CCC(=O)CC6)C[C@]5(C)[C@H]4CC[C@]3(C)[C@H]2OC(C)=O)CC1. The molecule has 2 heterocycles. The molecule has 0 aromatic heterocycles. The number of ketones is 1. The maximum Gasteiger partial charge on any atom is 0.302 e. The van der Waals surface area contributed by atoms with Crippen LogP contribution in [0.1, 0.15) is 85.5 Å². The lowest BCUT2D eigenvalue weighted by Gasteiger charge is -2.62. The van der Waals surface area contributed by atoms with Crippen molar-refractivity contribution in [2.24, 2.45) is 34.5 Å². The molecule has 246 valence electrons. The first-order valence-electron chi connectivity index (χ1n) is 17.7. The second-order valence-corrected chi connectivity index (χ2v) is 16.3. The van der Waals surface area contributed by atoms with E-state index in [9.17, 15) is 14.4 Å². The van der Waals surface area contributed by atoms with Gasteiger partial charge in [-0.25, -0.2) is 0 Å². The number of likely N-dealkylation sites (tertiary alicyclic amines) is 1. The zero-order valence-electron chi connectivity index (χ0n) is 28.1. The maximum absolute atomic E-state index is 12.6. The first-order chi connectivity index (χ1) is 20.9. The summed E-state index contributed by atoms with van der Waals surface area (Å²) in [6.45, 7) is 19.0. The van der Waals surface area contributed by atoms with E-state index < -0.39 is 0 Å². The summed E-state index contributed by atoms with van der Waals surface area (Å²) in [5.74, 6) is 2.36. The molecule has 8 nitrogen and oxygen atoms in total. The lowest BCUT2D eigenvalue weighted by Crippen LogP contribution is -2.61. The molecule has 0 spiro atoms. The number of piperidine rings is 1. The molecular weight excluding hydrogens is 554 g/mol. The molecule has 0 unspecified atom stereocenters. The third-order valence-electron chi connectivity index (χ3n) is 13.9. The van der Waals surface area contributed by atoms with Gasteiger partial charge in [0.2, 0.25) is 0 Å². The Kier molecular flexibility index (Phi) is 8.86. The Morgan fingerprint density at radius 1 is 0.909 bits per heavy atom. The average Bonchev–Trinajstić information content (AvgIpc) is 3.25. The Morgan fingerprint density at radius 3 is 2.20 bits per heavy atom. The van der Waals surface area contributed by atoms with Crippen molar-refractivity contribution in [3.8, 4) is 0 Å². The Bertz CT molecular complexity index is 1120. The summed E-state index contributed by atoms with van der Waals surface area (Å²) in [5.41, 5.74) is 0.177. The lowest BCUT2D eigenvalue weighted by molar-refractivity contribution is -0.908. The zero-order chi connectivity index (χ0) is 31.4. The van der Waals surface area contributed by atoms with Crippen LogP contribution in [0.2, 0.25) is 0 Å². The van der Waals surface area contributed by atoms with Crippen molar-refractivity contribution in [1.82, 2.24) is 9.80 Å². The number of hydrogen-bond acceptors (Lipinski definition) is 7. The summed E-state index contributed by atoms with van der Waals surface area (Å²) in [6.07, 6.45) is 10.9. The number of Topliss-reactive ketones (excluding diaryl/α,β-unsaturated/α-hetero) is 1. The number of piperazine rings is 1. The second-order valence-electron chi connectivity index (χ2n) is 16.3. The highest BCUT2D eigenvalue weighted by Crippen LogP contribution is 2.67. The summed E-state index contributed by atoms with van der Waals surface area (Å²) in [4.78, 5) is 42.0. The minimum absolute atomic E-state index is 0.000992. The minimum atomic E-state index is -0.186. The van der Waals surface area contributed by atoms with Gasteiger partial charge in [0.1, 0.15) is 18.0 Å². The molecule has 6 aliphatic rings. The van der Waals surface area contributed by atoms with E-state index in [4.69, 9.17) is 9.47 Å².